The number of hydrogen-bond acceptors (Lipinski definition) is 8. The highest BCUT2D eigenvalue weighted by atomic mass is 32.2. The molecule has 228 valence electrons. The number of amides is 1. The van der Waals surface area contributed by atoms with Crippen molar-refractivity contribution >= 4 is 40.6 Å². The largest absolute Gasteiger partial charge is 0.370 e. The Balaban J connectivity index is 1.18. The minimum atomic E-state index is -0.948. The van der Waals surface area contributed by atoms with Crippen molar-refractivity contribution in [3.63, 3.8) is 0 Å². The molecule has 4 aromatic carbocycles. The van der Waals surface area contributed by atoms with Crippen molar-refractivity contribution in [2.75, 3.05) is 12.0 Å². The van der Waals surface area contributed by atoms with Crippen LogP contribution in [0.15, 0.2) is 103 Å². The third-order valence-corrected chi connectivity index (χ3v) is 8.68. The number of hydroxylamine groups is 1. The van der Waals surface area contributed by atoms with Gasteiger partial charge in [-0.1, -0.05) is 96.2 Å². The van der Waals surface area contributed by atoms with Crippen molar-refractivity contribution in [2.45, 2.75) is 37.3 Å². The molecule has 0 radical (unpaired) electrons. The number of aromatic nitrogens is 3. The van der Waals surface area contributed by atoms with Crippen LogP contribution in [0.4, 0.5) is 0 Å². The normalized spacial score (nSPS) is 13.5. The molecule has 2 N–H and O–H groups in total. The van der Waals surface area contributed by atoms with Crippen LogP contribution in [0.1, 0.15) is 40.2 Å². The number of hydrogen-bond donors (Lipinski definition) is 2. The minimum absolute atomic E-state index is 0.106. The van der Waals surface area contributed by atoms with E-state index in [9.17, 15) is 14.4 Å². The standard InChI is InChI=1S/C35H33N5O4S/c1-45-20-19-30(35(43)40-32-18-10-9-17-29(32)37-39-40)36-34(42)31(21-23-11-3-2-4-12-23)38-44-33(41)22-28-26-15-7-5-13-24(26)25-14-6-8-16-27(25)28/h2-18,28,30-31,38H,19-22H2,1H3,(H,36,42)/t30-,31-/m0/s1. The van der Waals surface area contributed by atoms with E-state index in [-0.39, 0.29) is 24.7 Å². The van der Waals surface area contributed by atoms with Gasteiger partial charge in [-0.15, -0.1) is 10.6 Å². The average Bonchev–Trinajstić information content (AvgIpc) is 3.65. The van der Waals surface area contributed by atoms with Gasteiger partial charge in [0.15, 0.2) is 0 Å². The minimum Gasteiger partial charge on any atom is -0.370 e. The Labute approximate surface area is 265 Å². The summed E-state index contributed by atoms with van der Waals surface area (Å²) in [5, 5.41) is 11.1. The van der Waals surface area contributed by atoms with Gasteiger partial charge in [0.25, 0.3) is 5.91 Å². The van der Waals surface area contributed by atoms with Crippen molar-refractivity contribution in [1.82, 2.24) is 25.8 Å². The van der Waals surface area contributed by atoms with Crippen LogP contribution < -0.4 is 10.8 Å². The van der Waals surface area contributed by atoms with E-state index >= 15 is 0 Å². The van der Waals surface area contributed by atoms with Crippen LogP contribution in [0.2, 0.25) is 0 Å². The number of para-hydroxylation sites is 1. The maximum atomic E-state index is 13.8. The number of thioether (sulfide) groups is 1. The van der Waals surface area contributed by atoms with E-state index in [4.69, 9.17) is 4.84 Å². The lowest BCUT2D eigenvalue weighted by Gasteiger charge is -2.23. The van der Waals surface area contributed by atoms with Gasteiger partial charge >= 0.3 is 5.97 Å². The molecule has 0 aliphatic heterocycles. The molecule has 1 aromatic heterocycles. The van der Waals surface area contributed by atoms with Crippen LogP contribution in [0.5, 0.6) is 0 Å². The molecule has 10 heteroatoms. The van der Waals surface area contributed by atoms with Crippen LogP contribution in [0, 0.1) is 0 Å². The Morgan fingerprint density at radius 1 is 0.844 bits per heavy atom. The maximum absolute atomic E-state index is 13.8. The van der Waals surface area contributed by atoms with E-state index in [1.165, 1.54) is 4.68 Å². The molecule has 0 saturated carbocycles. The first-order chi connectivity index (χ1) is 22.0. The summed E-state index contributed by atoms with van der Waals surface area (Å²) in [6.45, 7) is 0. The van der Waals surface area contributed by atoms with E-state index in [1.807, 2.05) is 85.1 Å². The molecule has 1 amide bonds. The predicted octanol–water partition coefficient (Wildman–Crippen LogP) is 5.17. The molecule has 5 aromatic rings. The van der Waals surface area contributed by atoms with Crippen LogP contribution in [-0.4, -0.2) is 56.9 Å². The van der Waals surface area contributed by atoms with Crippen molar-refractivity contribution in [3.8, 4) is 11.1 Å². The zero-order valence-electron chi connectivity index (χ0n) is 24.8. The van der Waals surface area contributed by atoms with E-state index in [0.717, 1.165) is 27.8 Å². The second kappa shape index (κ2) is 13.9. The molecule has 2 atom stereocenters. The van der Waals surface area contributed by atoms with Crippen molar-refractivity contribution < 1.29 is 19.2 Å². The molecule has 0 fully saturated rings. The number of carbonyl (C=O) groups excluding carboxylic acids is 3. The number of nitrogens with one attached hydrogen (secondary N) is 2. The summed E-state index contributed by atoms with van der Waals surface area (Å²) >= 11 is 1.57. The molecule has 1 heterocycles. The van der Waals surface area contributed by atoms with Crippen LogP contribution in [-0.2, 0) is 20.8 Å². The Bertz CT molecular complexity index is 1780. The molecule has 0 bridgehead atoms. The second-order valence-corrected chi connectivity index (χ2v) is 11.9. The monoisotopic (exact) mass is 619 g/mol. The highest BCUT2D eigenvalue weighted by Crippen LogP contribution is 2.46. The van der Waals surface area contributed by atoms with Crippen LogP contribution in [0.25, 0.3) is 22.2 Å². The lowest BCUT2D eigenvalue weighted by atomic mass is 9.94. The van der Waals surface area contributed by atoms with Crippen LogP contribution >= 0.6 is 11.8 Å². The number of fused-ring (bicyclic) bond motifs is 4. The van der Waals surface area contributed by atoms with Crippen molar-refractivity contribution in [2.24, 2.45) is 0 Å². The van der Waals surface area contributed by atoms with Gasteiger partial charge in [0, 0.05) is 5.92 Å². The summed E-state index contributed by atoms with van der Waals surface area (Å²) < 4.78 is 1.23. The van der Waals surface area contributed by atoms with Crippen molar-refractivity contribution in [1.29, 1.82) is 0 Å². The highest BCUT2D eigenvalue weighted by Gasteiger charge is 2.32. The first-order valence-electron chi connectivity index (χ1n) is 14.8. The molecule has 45 heavy (non-hydrogen) atoms. The summed E-state index contributed by atoms with van der Waals surface area (Å²) in [5.74, 6) is -0.854. The maximum Gasteiger partial charge on any atom is 0.325 e. The topological polar surface area (TPSA) is 115 Å². The predicted molar refractivity (Wildman–Crippen MR) is 175 cm³/mol. The summed E-state index contributed by atoms with van der Waals surface area (Å²) in [4.78, 5) is 46.2. The fraction of sp³-hybridized carbons (Fsp3) is 0.229. The lowest BCUT2D eigenvalue weighted by molar-refractivity contribution is -0.154. The summed E-state index contributed by atoms with van der Waals surface area (Å²) in [5.41, 5.74) is 9.13. The summed E-state index contributed by atoms with van der Waals surface area (Å²) in [6.07, 6.45) is 2.67. The molecule has 0 spiro atoms. The number of nitrogens with zero attached hydrogens (tertiary/aromatic N) is 3. The first-order valence-corrected chi connectivity index (χ1v) is 16.2. The van der Waals surface area contributed by atoms with Gasteiger partial charge in [-0.25, -0.2) is 0 Å². The molecule has 6 rings (SSSR count). The van der Waals surface area contributed by atoms with Crippen LogP contribution in [0.3, 0.4) is 0 Å². The van der Waals surface area contributed by atoms with E-state index in [2.05, 4.69) is 33.2 Å². The first kappa shape index (κ1) is 30.2. The number of carbonyl (C=O) groups is 3. The van der Waals surface area contributed by atoms with E-state index in [1.54, 1.807) is 23.9 Å². The Hall–Kier alpha value is -4.80. The van der Waals surface area contributed by atoms with Gasteiger partial charge in [-0.05, 0) is 64.8 Å². The van der Waals surface area contributed by atoms with Gasteiger partial charge in [-0.2, -0.15) is 16.4 Å². The second-order valence-electron chi connectivity index (χ2n) is 10.9. The zero-order valence-corrected chi connectivity index (χ0v) is 25.6. The third-order valence-electron chi connectivity index (χ3n) is 8.03. The molecule has 0 saturated heterocycles. The fourth-order valence-electron chi connectivity index (χ4n) is 5.81. The van der Waals surface area contributed by atoms with Gasteiger partial charge in [0.1, 0.15) is 17.6 Å². The Morgan fingerprint density at radius 3 is 2.20 bits per heavy atom. The summed E-state index contributed by atoms with van der Waals surface area (Å²) in [7, 11) is 0. The van der Waals surface area contributed by atoms with E-state index < -0.39 is 24.0 Å². The van der Waals surface area contributed by atoms with Gasteiger partial charge in [-0.3, -0.25) is 14.4 Å². The summed E-state index contributed by atoms with van der Waals surface area (Å²) in [6, 6.07) is 30.9. The highest BCUT2D eigenvalue weighted by molar-refractivity contribution is 7.98. The fourth-order valence-corrected chi connectivity index (χ4v) is 6.28. The molecule has 9 nitrogen and oxygen atoms in total. The molecular formula is C35H33N5O4S. The molecular weight excluding hydrogens is 586 g/mol. The Kier molecular flexibility index (Phi) is 9.33. The Morgan fingerprint density at radius 2 is 1.49 bits per heavy atom. The van der Waals surface area contributed by atoms with E-state index in [0.29, 0.717) is 23.2 Å². The quantitative estimate of drug-likeness (QED) is 0.184. The van der Waals surface area contributed by atoms with Crippen molar-refractivity contribution in [3.05, 3.63) is 120 Å². The lowest BCUT2D eigenvalue weighted by Crippen LogP contribution is -2.52. The van der Waals surface area contributed by atoms with Gasteiger partial charge in [0.2, 0.25) is 5.91 Å². The molecule has 0 unspecified atom stereocenters. The number of rotatable bonds is 12. The van der Waals surface area contributed by atoms with Gasteiger partial charge < -0.3 is 10.2 Å². The number of benzene rings is 4. The molecule has 1 aliphatic rings. The third kappa shape index (κ3) is 6.67. The molecule has 1 aliphatic carbocycles. The zero-order chi connectivity index (χ0) is 31.2. The smallest absolute Gasteiger partial charge is 0.325 e. The average molecular weight is 620 g/mol. The van der Waals surface area contributed by atoms with Gasteiger partial charge in [0.05, 0.1) is 11.9 Å². The SMILES string of the molecule is CSCC[C@H](NC(=O)[C@H](Cc1ccccc1)NOC(=O)CC1c2ccccc2-c2ccccc21)C(=O)n1nnc2ccccc21.